The maximum Gasteiger partial charge on any atom is 0.312 e. The molecule has 3 heterocycles. The molecule has 2 aromatic heterocycles. The molecule has 1 aliphatic carbocycles. The number of nitrogens with zero attached hydrogens (tertiary/aromatic N) is 6. The molecule has 0 atom stereocenters. The molecule has 0 N–H and O–H groups in total. The number of hydrogen-bond acceptors (Lipinski definition) is 5. The molecule has 8 nitrogen and oxygen atoms in total. The summed E-state index contributed by atoms with van der Waals surface area (Å²) >= 11 is 0. The van der Waals surface area contributed by atoms with Gasteiger partial charge in [0, 0.05) is 19.1 Å². The van der Waals surface area contributed by atoms with Crippen LogP contribution in [0.5, 0.6) is 0 Å². The summed E-state index contributed by atoms with van der Waals surface area (Å²) in [6.07, 6.45) is 8.03. The van der Waals surface area contributed by atoms with E-state index in [-0.39, 0.29) is 11.9 Å². The normalized spacial score (nSPS) is 18.8. The van der Waals surface area contributed by atoms with Gasteiger partial charge in [0.15, 0.2) is 0 Å². The molecule has 0 radical (unpaired) electrons. The van der Waals surface area contributed by atoms with Gasteiger partial charge in [-0.25, -0.2) is 0 Å². The summed E-state index contributed by atoms with van der Waals surface area (Å²) in [5.41, 5.74) is 1.49. The van der Waals surface area contributed by atoms with Crippen molar-refractivity contribution in [2.75, 3.05) is 13.1 Å². The van der Waals surface area contributed by atoms with Crippen molar-refractivity contribution in [1.82, 2.24) is 29.8 Å². The van der Waals surface area contributed by atoms with E-state index < -0.39 is 5.91 Å². The van der Waals surface area contributed by atoms with E-state index in [2.05, 4.69) is 15.2 Å². The fourth-order valence-corrected chi connectivity index (χ4v) is 3.06. The van der Waals surface area contributed by atoms with Crippen molar-refractivity contribution in [1.29, 1.82) is 0 Å². The number of carbonyl (C=O) groups excluding carboxylic acids is 2. The fourth-order valence-electron chi connectivity index (χ4n) is 3.06. The summed E-state index contributed by atoms with van der Waals surface area (Å²) in [5, 5.41) is 8.09. The molecule has 24 heavy (non-hydrogen) atoms. The quantitative estimate of drug-likeness (QED) is 0.759. The number of rotatable bonds is 4. The highest BCUT2D eigenvalue weighted by molar-refractivity contribution is 6.35. The van der Waals surface area contributed by atoms with Crippen molar-refractivity contribution in [2.24, 2.45) is 0 Å². The van der Waals surface area contributed by atoms with Crippen LogP contribution >= 0.6 is 0 Å². The highest BCUT2D eigenvalue weighted by Gasteiger charge is 2.38. The van der Waals surface area contributed by atoms with E-state index in [1.165, 1.54) is 4.80 Å². The zero-order chi connectivity index (χ0) is 16.5. The van der Waals surface area contributed by atoms with Crippen molar-refractivity contribution in [3.8, 4) is 5.69 Å². The van der Waals surface area contributed by atoms with Gasteiger partial charge >= 0.3 is 11.8 Å². The monoisotopic (exact) mass is 326 g/mol. The van der Waals surface area contributed by atoms with Gasteiger partial charge < -0.3 is 9.80 Å². The Bertz CT molecular complexity index is 738. The van der Waals surface area contributed by atoms with Gasteiger partial charge in [0.2, 0.25) is 0 Å². The maximum absolute atomic E-state index is 12.3. The standard InChI is InChI=1S/C16H18N6O2/c23-15-16(24)21(13-2-1-3-13)9-8-20(15)11-12-4-5-14(10-17-12)22-18-6-7-19-22/h4-7,10,13H,1-3,8-9,11H2. The lowest BCUT2D eigenvalue weighted by Gasteiger charge is -2.42. The first-order valence-electron chi connectivity index (χ1n) is 8.14. The Labute approximate surface area is 139 Å². The Balaban J connectivity index is 1.42. The molecule has 1 aliphatic heterocycles. The smallest absolute Gasteiger partial charge is 0.312 e. The van der Waals surface area contributed by atoms with Crippen LogP contribution in [0, 0.1) is 0 Å². The van der Waals surface area contributed by atoms with Crippen molar-refractivity contribution in [3.05, 3.63) is 36.4 Å². The Morgan fingerprint density at radius 1 is 1.04 bits per heavy atom. The lowest BCUT2D eigenvalue weighted by Crippen LogP contribution is -2.58. The number of carbonyl (C=O) groups is 2. The van der Waals surface area contributed by atoms with Crippen molar-refractivity contribution < 1.29 is 9.59 Å². The van der Waals surface area contributed by atoms with Crippen LogP contribution in [0.25, 0.3) is 5.69 Å². The fraction of sp³-hybridized carbons (Fsp3) is 0.438. The average Bonchev–Trinajstić information content (AvgIpc) is 3.08. The minimum Gasteiger partial charge on any atom is -0.330 e. The van der Waals surface area contributed by atoms with Crippen molar-refractivity contribution in [3.63, 3.8) is 0 Å². The third kappa shape index (κ3) is 2.64. The van der Waals surface area contributed by atoms with Gasteiger partial charge in [0.25, 0.3) is 0 Å². The molecule has 1 saturated carbocycles. The highest BCUT2D eigenvalue weighted by atomic mass is 16.2. The third-order valence-electron chi connectivity index (χ3n) is 4.67. The van der Waals surface area contributed by atoms with Crippen LogP contribution in [0.3, 0.4) is 0 Å². The van der Waals surface area contributed by atoms with Gasteiger partial charge in [0.05, 0.1) is 30.8 Å². The van der Waals surface area contributed by atoms with Gasteiger partial charge in [-0.2, -0.15) is 15.0 Å². The molecular weight excluding hydrogens is 308 g/mol. The Hall–Kier alpha value is -2.77. The molecule has 8 heteroatoms. The molecule has 124 valence electrons. The number of piperazine rings is 1. The second kappa shape index (κ2) is 6.03. The first-order chi connectivity index (χ1) is 11.7. The largest absolute Gasteiger partial charge is 0.330 e. The summed E-state index contributed by atoms with van der Waals surface area (Å²) in [4.78, 5) is 33.7. The number of aromatic nitrogens is 4. The van der Waals surface area contributed by atoms with E-state index in [9.17, 15) is 9.59 Å². The number of amides is 2. The molecule has 2 amide bonds. The topological polar surface area (TPSA) is 84.2 Å². The number of hydrogen-bond donors (Lipinski definition) is 0. The SMILES string of the molecule is O=C1C(=O)N(C2CCC2)CCN1Cc1ccc(-n2nccn2)cn1. The van der Waals surface area contributed by atoms with Crippen molar-refractivity contribution >= 4 is 11.8 Å². The van der Waals surface area contributed by atoms with E-state index >= 15 is 0 Å². The van der Waals surface area contributed by atoms with Crippen LogP contribution in [0.4, 0.5) is 0 Å². The zero-order valence-electron chi connectivity index (χ0n) is 13.2. The van der Waals surface area contributed by atoms with Crippen LogP contribution in [-0.4, -0.2) is 60.7 Å². The van der Waals surface area contributed by atoms with Gasteiger partial charge in [-0.3, -0.25) is 14.6 Å². The summed E-state index contributed by atoms with van der Waals surface area (Å²) < 4.78 is 0. The van der Waals surface area contributed by atoms with E-state index in [1.807, 2.05) is 12.1 Å². The third-order valence-corrected chi connectivity index (χ3v) is 4.67. The van der Waals surface area contributed by atoms with Crippen LogP contribution in [0.2, 0.25) is 0 Å². The molecule has 0 unspecified atom stereocenters. The van der Waals surface area contributed by atoms with Gasteiger partial charge in [-0.15, -0.1) is 0 Å². The first-order valence-corrected chi connectivity index (χ1v) is 8.14. The van der Waals surface area contributed by atoms with Crippen LogP contribution in [0.1, 0.15) is 25.0 Å². The second-order valence-electron chi connectivity index (χ2n) is 6.14. The van der Waals surface area contributed by atoms with E-state index in [4.69, 9.17) is 0 Å². The zero-order valence-corrected chi connectivity index (χ0v) is 13.2. The maximum atomic E-state index is 12.3. The Morgan fingerprint density at radius 3 is 2.46 bits per heavy atom. The molecule has 0 spiro atoms. The predicted molar refractivity (Wildman–Crippen MR) is 83.9 cm³/mol. The van der Waals surface area contributed by atoms with E-state index in [1.54, 1.807) is 28.4 Å². The lowest BCUT2D eigenvalue weighted by atomic mass is 9.91. The summed E-state index contributed by atoms with van der Waals surface area (Å²) in [6, 6.07) is 3.94. The molecular formula is C16H18N6O2. The molecule has 2 aliphatic rings. The van der Waals surface area contributed by atoms with E-state index in [0.717, 1.165) is 30.6 Å². The molecule has 2 aromatic rings. The minimum atomic E-state index is -0.423. The minimum absolute atomic E-state index is 0.266. The van der Waals surface area contributed by atoms with Gasteiger partial charge in [-0.1, -0.05) is 0 Å². The number of pyridine rings is 1. The van der Waals surface area contributed by atoms with Crippen LogP contribution in [-0.2, 0) is 16.1 Å². The van der Waals surface area contributed by atoms with Gasteiger partial charge in [-0.05, 0) is 31.4 Å². The highest BCUT2D eigenvalue weighted by Crippen LogP contribution is 2.26. The van der Waals surface area contributed by atoms with Gasteiger partial charge in [0.1, 0.15) is 5.69 Å². The molecule has 2 fully saturated rings. The lowest BCUT2D eigenvalue weighted by molar-refractivity contribution is -0.159. The summed E-state index contributed by atoms with van der Waals surface area (Å²) in [5.74, 6) is -0.795. The molecule has 4 rings (SSSR count). The molecule has 0 aromatic carbocycles. The summed E-state index contributed by atoms with van der Waals surface area (Å²) in [7, 11) is 0. The second-order valence-corrected chi connectivity index (χ2v) is 6.14. The predicted octanol–water partition coefficient (Wildman–Crippen LogP) is 0.386. The average molecular weight is 326 g/mol. The van der Waals surface area contributed by atoms with Crippen LogP contribution < -0.4 is 0 Å². The Morgan fingerprint density at radius 2 is 1.83 bits per heavy atom. The van der Waals surface area contributed by atoms with Crippen LogP contribution in [0.15, 0.2) is 30.7 Å². The first kappa shape index (κ1) is 14.8. The molecule has 1 saturated heterocycles. The van der Waals surface area contributed by atoms with Crippen molar-refractivity contribution in [2.45, 2.75) is 31.8 Å². The van der Waals surface area contributed by atoms with E-state index in [0.29, 0.717) is 19.6 Å². The Kier molecular flexibility index (Phi) is 3.72. The summed E-state index contributed by atoms with van der Waals surface area (Å²) in [6.45, 7) is 1.52. The molecule has 0 bridgehead atoms.